The second-order valence-electron chi connectivity index (χ2n) is 3.79. The topological polar surface area (TPSA) is 20.2 Å². The lowest BCUT2D eigenvalue weighted by Crippen LogP contribution is -2.04. The molecule has 0 saturated heterocycles. The van der Waals surface area contributed by atoms with Crippen molar-refractivity contribution in [3.8, 4) is 0 Å². The van der Waals surface area contributed by atoms with E-state index in [0.717, 1.165) is 23.3 Å². The molecule has 2 atom stereocenters. The summed E-state index contributed by atoms with van der Waals surface area (Å²) in [6, 6.07) is 3.55. The molecule has 2 rings (SSSR count). The first-order chi connectivity index (χ1) is 7.09. The van der Waals surface area contributed by atoms with Crippen LogP contribution in [0.4, 0.5) is 0 Å². The molecule has 0 radical (unpaired) electrons. The summed E-state index contributed by atoms with van der Waals surface area (Å²) in [5, 5.41) is 11.8. The third-order valence-corrected chi connectivity index (χ3v) is 4.55. The monoisotopic (exact) mass is 262 g/mol. The van der Waals surface area contributed by atoms with Crippen LogP contribution in [0.1, 0.15) is 30.6 Å². The van der Waals surface area contributed by atoms with Crippen molar-refractivity contribution in [2.75, 3.05) is 0 Å². The molecule has 2 unspecified atom stereocenters. The second-order valence-corrected chi connectivity index (χ2v) is 6.04. The number of halogens is 2. The number of benzene rings is 1. The van der Waals surface area contributed by atoms with Crippen LogP contribution in [-0.4, -0.2) is 10.4 Å². The highest BCUT2D eigenvalue weighted by Gasteiger charge is 2.24. The van der Waals surface area contributed by atoms with Crippen molar-refractivity contribution < 1.29 is 5.11 Å². The van der Waals surface area contributed by atoms with Crippen molar-refractivity contribution in [3.05, 3.63) is 33.3 Å². The van der Waals surface area contributed by atoms with Crippen molar-refractivity contribution in [1.29, 1.82) is 0 Å². The van der Waals surface area contributed by atoms with Crippen LogP contribution in [0.15, 0.2) is 12.1 Å². The van der Waals surface area contributed by atoms with E-state index in [1.807, 2.05) is 0 Å². The molecule has 0 bridgehead atoms. The zero-order chi connectivity index (χ0) is 11.0. The van der Waals surface area contributed by atoms with Gasteiger partial charge in [-0.2, -0.15) is 11.8 Å². The number of hydrogen-bond donors (Lipinski definition) is 1. The summed E-state index contributed by atoms with van der Waals surface area (Å²) in [5.74, 6) is 0.826. The summed E-state index contributed by atoms with van der Waals surface area (Å²) in [5.41, 5.74) is 1.81. The van der Waals surface area contributed by atoms with Gasteiger partial charge in [0, 0.05) is 26.6 Å². The average Bonchev–Trinajstić information content (AvgIpc) is 2.32. The van der Waals surface area contributed by atoms with E-state index in [1.54, 1.807) is 23.9 Å². The molecule has 0 spiro atoms. The van der Waals surface area contributed by atoms with Crippen LogP contribution in [0.3, 0.4) is 0 Å². The fourth-order valence-electron chi connectivity index (χ4n) is 1.84. The van der Waals surface area contributed by atoms with E-state index in [4.69, 9.17) is 23.2 Å². The third kappa shape index (κ3) is 2.28. The van der Waals surface area contributed by atoms with Gasteiger partial charge in [0.15, 0.2) is 0 Å². The summed E-state index contributed by atoms with van der Waals surface area (Å²) in [7, 11) is 0. The zero-order valence-electron chi connectivity index (χ0n) is 8.34. The maximum absolute atomic E-state index is 10.1. The van der Waals surface area contributed by atoms with E-state index in [-0.39, 0.29) is 0 Å². The number of thioether (sulfide) groups is 1. The van der Waals surface area contributed by atoms with E-state index in [2.05, 4.69) is 6.92 Å². The molecule has 1 aliphatic heterocycles. The summed E-state index contributed by atoms with van der Waals surface area (Å²) < 4.78 is 0. The highest BCUT2D eigenvalue weighted by atomic mass is 35.5. The van der Waals surface area contributed by atoms with Crippen molar-refractivity contribution in [2.24, 2.45) is 0 Å². The van der Waals surface area contributed by atoms with E-state index < -0.39 is 6.10 Å². The Labute approximate surface area is 104 Å². The fraction of sp³-hybridized carbons (Fsp3) is 0.455. The molecule has 0 saturated carbocycles. The van der Waals surface area contributed by atoms with Gasteiger partial charge >= 0.3 is 0 Å². The van der Waals surface area contributed by atoms with Gasteiger partial charge in [0.2, 0.25) is 0 Å². The molecule has 1 N–H and O–H groups in total. The van der Waals surface area contributed by atoms with Crippen LogP contribution in [0.2, 0.25) is 10.0 Å². The Morgan fingerprint density at radius 3 is 2.73 bits per heavy atom. The van der Waals surface area contributed by atoms with Crippen LogP contribution in [0.25, 0.3) is 0 Å². The minimum atomic E-state index is -0.490. The number of rotatable bonds is 0. The Morgan fingerprint density at radius 1 is 1.33 bits per heavy atom. The first-order valence-corrected chi connectivity index (χ1v) is 6.66. The first-order valence-electron chi connectivity index (χ1n) is 4.86. The average molecular weight is 263 g/mol. The minimum Gasteiger partial charge on any atom is -0.388 e. The van der Waals surface area contributed by atoms with Crippen molar-refractivity contribution in [2.45, 2.75) is 30.5 Å². The predicted octanol–water partition coefficient (Wildman–Crippen LogP) is 4.05. The van der Waals surface area contributed by atoms with Crippen LogP contribution in [0, 0.1) is 0 Å². The molecule has 0 amide bonds. The lowest BCUT2D eigenvalue weighted by Gasteiger charge is -2.14. The molecule has 0 aromatic heterocycles. The lowest BCUT2D eigenvalue weighted by atomic mass is 10.0. The van der Waals surface area contributed by atoms with Crippen LogP contribution < -0.4 is 0 Å². The van der Waals surface area contributed by atoms with Gasteiger partial charge in [-0.1, -0.05) is 30.1 Å². The summed E-state index contributed by atoms with van der Waals surface area (Å²) >= 11 is 14.0. The molecule has 82 valence electrons. The first kappa shape index (κ1) is 11.6. The number of fused-ring (bicyclic) bond motifs is 1. The van der Waals surface area contributed by atoms with Gasteiger partial charge in [-0.25, -0.2) is 0 Å². The molecular weight excluding hydrogens is 251 g/mol. The van der Waals surface area contributed by atoms with Crippen LogP contribution in [-0.2, 0) is 5.75 Å². The highest BCUT2D eigenvalue weighted by Crippen LogP contribution is 2.41. The maximum atomic E-state index is 10.1. The molecule has 4 heteroatoms. The van der Waals surface area contributed by atoms with E-state index in [1.165, 1.54) is 0 Å². The Hall–Kier alpha value is 0.110. The minimum absolute atomic E-state index is 0.430. The molecule has 1 aromatic rings. The SMILES string of the molecule is CC1CC(O)c2c(Cl)ccc(Cl)c2CS1. The largest absolute Gasteiger partial charge is 0.388 e. The van der Waals surface area contributed by atoms with Gasteiger partial charge in [0.1, 0.15) is 0 Å². The number of aliphatic hydroxyl groups excluding tert-OH is 1. The molecule has 1 heterocycles. The van der Waals surface area contributed by atoms with E-state index >= 15 is 0 Å². The Kier molecular flexibility index (Phi) is 3.51. The quantitative estimate of drug-likeness (QED) is 0.761. The normalized spacial score (nSPS) is 25.9. The standard InChI is InChI=1S/C11H12Cl2OS/c1-6-4-10(14)11-7(5-15-6)8(12)2-3-9(11)13/h2-3,6,10,14H,4-5H2,1H3. The fourth-order valence-corrected chi connectivity index (χ4v) is 3.54. The molecule has 0 fully saturated rings. The zero-order valence-corrected chi connectivity index (χ0v) is 10.7. The van der Waals surface area contributed by atoms with Crippen molar-refractivity contribution >= 4 is 35.0 Å². The lowest BCUT2D eigenvalue weighted by molar-refractivity contribution is 0.168. The Balaban J connectivity index is 2.52. The Bertz CT molecular complexity index is 381. The summed E-state index contributed by atoms with van der Waals surface area (Å²) in [6.07, 6.45) is 0.244. The molecule has 0 aliphatic carbocycles. The van der Waals surface area contributed by atoms with Crippen LogP contribution in [0.5, 0.6) is 0 Å². The Morgan fingerprint density at radius 2 is 2.00 bits per heavy atom. The van der Waals surface area contributed by atoms with E-state index in [9.17, 15) is 5.11 Å². The summed E-state index contributed by atoms with van der Waals surface area (Å²) in [6.45, 7) is 2.11. The van der Waals surface area contributed by atoms with Crippen LogP contribution >= 0.6 is 35.0 Å². The smallest absolute Gasteiger partial charge is 0.0818 e. The van der Waals surface area contributed by atoms with Crippen molar-refractivity contribution in [1.82, 2.24) is 0 Å². The molecule has 1 aliphatic rings. The van der Waals surface area contributed by atoms with Gasteiger partial charge in [0.05, 0.1) is 6.10 Å². The van der Waals surface area contributed by atoms with Gasteiger partial charge < -0.3 is 5.11 Å². The van der Waals surface area contributed by atoms with Gasteiger partial charge in [-0.3, -0.25) is 0 Å². The van der Waals surface area contributed by atoms with E-state index in [0.29, 0.717) is 15.3 Å². The molecule has 1 nitrogen and oxygen atoms in total. The van der Waals surface area contributed by atoms with Gasteiger partial charge in [-0.05, 0) is 24.1 Å². The van der Waals surface area contributed by atoms with Crippen molar-refractivity contribution in [3.63, 3.8) is 0 Å². The van der Waals surface area contributed by atoms with Gasteiger partial charge in [-0.15, -0.1) is 0 Å². The molecular formula is C11H12Cl2OS. The maximum Gasteiger partial charge on any atom is 0.0818 e. The number of hydrogen-bond acceptors (Lipinski definition) is 2. The number of aliphatic hydroxyl groups is 1. The van der Waals surface area contributed by atoms with Gasteiger partial charge in [0.25, 0.3) is 0 Å². The second kappa shape index (κ2) is 4.54. The molecule has 1 aromatic carbocycles. The summed E-state index contributed by atoms with van der Waals surface area (Å²) in [4.78, 5) is 0. The third-order valence-electron chi connectivity index (χ3n) is 2.65. The highest BCUT2D eigenvalue weighted by molar-refractivity contribution is 7.99. The predicted molar refractivity (Wildman–Crippen MR) is 66.8 cm³/mol. The molecule has 15 heavy (non-hydrogen) atoms.